The van der Waals surface area contributed by atoms with E-state index in [1.807, 2.05) is 19.1 Å². The van der Waals surface area contributed by atoms with E-state index in [0.29, 0.717) is 4.34 Å². The van der Waals surface area contributed by atoms with E-state index in [4.69, 9.17) is 16.9 Å². The molecule has 4 nitrogen and oxygen atoms in total. The Morgan fingerprint density at radius 2 is 2.19 bits per heavy atom. The van der Waals surface area contributed by atoms with Crippen molar-refractivity contribution in [2.75, 3.05) is 5.32 Å². The molecule has 0 spiro atoms. The van der Waals surface area contributed by atoms with Gasteiger partial charge in [-0.1, -0.05) is 11.6 Å². The Kier molecular flexibility index (Phi) is 4.78. The lowest BCUT2D eigenvalue weighted by atomic mass is 10.2. The van der Waals surface area contributed by atoms with Crippen molar-refractivity contribution in [1.82, 2.24) is 5.32 Å². The molecule has 21 heavy (non-hydrogen) atoms. The highest BCUT2D eigenvalue weighted by Gasteiger charge is 2.13. The van der Waals surface area contributed by atoms with Crippen LogP contribution in [0.25, 0.3) is 0 Å². The Labute approximate surface area is 130 Å². The molecule has 2 N–H and O–H groups in total. The van der Waals surface area contributed by atoms with Gasteiger partial charge in [0.1, 0.15) is 11.9 Å². The molecule has 0 aliphatic rings. The third-order valence-electron chi connectivity index (χ3n) is 2.72. The maximum Gasteiger partial charge on any atom is 0.319 e. The Bertz CT molecular complexity index is 710. The first-order chi connectivity index (χ1) is 9.99. The van der Waals surface area contributed by atoms with Crippen LogP contribution in [0.2, 0.25) is 4.34 Å². The number of nitrogens with zero attached hydrogens (tertiary/aromatic N) is 1. The molecule has 1 heterocycles. The van der Waals surface area contributed by atoms with Crippen LogP contribution in [0.5, 0.6) is 0 Å². The lowest BCUT2D eigenvalue weighted by molar-refractivity contribution is 0.249. The number of carbonyl (C=O) groups is 1. The largest absolute Gasteiger partial charge is 0.331 e. The standard InChI is InChI=1S/C14H11ClFN3OS/c1-8(12-4-5-13(15)21-12)18-14(20)19-11-3-2-10(16)6-9(11)7-17/h2-6,8H,1H3,(H2,18,19,20). The Hall–Kier alpha value is -2.10. The van der Waals surface area contributed by atoms with E-state index < -0.39 is 11.8 Å². The van der Waals surface area contributed by atoms with E-state index >= 15 is 0 Å². The third kappa shape index (κ3) is 3.94. The van der Waals surface area contributed by atoms with Crippen LogP contribution in [0.3, 0.4) is 0 Å². The number of benzene rings is 1. The van der Waals surface area contributed by atoms with Crippen LogP contribution in [0.1, 0.15) is 23.4 Å². The minimum absolute atomic E-state index is 0.0666. The summed E-state index contributed by atoms with van der Waals surface area (Å²) in [5.74, 6) is -0.529. The van der Waals surface area contributed by atoms with E-state index in [2.05, 4.69) is 10.6 Å². The first-order valence-corrected chi connectivity index (χ1v) is 7.21. The molecule has 1 aromatic carbocycles. The van der Waals surface area contributed by atoms with E-state index in [0.717, 1.165) is 10.9 Å². The van der Waals surface area contributed by atoms with Crippen molar-refractivity contribution in [3.8, 4) is 6.07 Å². The van der Waals surface area contributed by atoms with Crippen molar-refractivity contribution in [2.24, 2.45) is 0 Å². The highest BCUT2D eigenvalue weighted by Crippen LogP contribution is 2.26. The fourth-order valence-electron chi connectivity index (χ4n) is 1.71. The first kappa shape index (κ1) is 15.3. The summed E-state index contributed by atoms with van der Waals surface area (Å²) in [7, 11) is 0. The van der Waals surface area contributed by atoms with Gasteiger partial charge in [0.25, 0.3) is 0 Å². The van der Waals surface area contributed by atoms with Crippen molar-refractivity contribution < 1.29 is 9.18 Å². The Balaban J connectivity index is 2.04. The van der Waals surface area contributed by atoms with Crippen LogP contribution < -0.4 is 10.6 Å². The number of nitrogens with one attached hydrogen (secondary N) is 2. The van der Waals surface area contributed by atoms with Gasteiger partial charge in [0.15, 0.2) is 0 Å². The van der Waals surface area contributed by atoms with Crippen LogP contribution >= 0.6 is 22.9 Å². The number of thiophene rings is 1. The van der Waals surface area contributed by atoms with E-state index in [1.165, 1.54) is 23.5 Å². The van der Waals surface area contributed by atoms with Gasteiger partial charge in [0.05, 0.1) is 21.6 Å². The quantitative estimate of drug-likeness (QED) is 0.884. The van der Waals surface area contributed by atoms with Gasteiger partial charge in [-0.05, 0) is 37.3 Å². The molecule has 0 saturated heterocycles. The second-order valence-corrected chi connectivity index (χ2v) is 6.01. The molecule has 2 amide bonds. The lowest BCUT2D eigenvalue weighted by Crippen LogP contribution is -2.31. The van der Waals surface area contributed by atoms with Crippen LogP contribution in [-0.4, -0.2) is 6.03 Å². The van der Waals surface area contributed by atoms with E-state index in [9.17, 15) is 9.18 Å². The molecule has 7 heteroatoms. The molecular weight excluding hydrogens is 313 g/mol. The number of anilines is 1. The maximum atomic E-state index is 13.0. The minimum Gasteiger partial charge on any atom is -0.331 e. The molecule has 2 aromatic rings. The number of hydrogen-bond donors (Lipinski definition) is 2. The Morgan fingerprint density at radius 1 is 1.43 bits per heavy atom. The second-order valence-electron chi connectivity index (χ2n) is 4.26. The van der Waals surface area contributed by atoms with Crippen LogP contribution in [-0.2, 0) is 0 Å². The number of urea groups is 1. The molecule has 0 fully saturated rings. The van der Waals surface area contributed by atoms with Gasteiger partial charge in [0, 0.05) is 4.88 Å². The summed E-state index contributed by atoms with van der Waals surface area (Å²) in [6.07, 6.45) is 0. The zero-order valence-electron chi connectivity index (χ0n) is 11.0. The van der Waals surface area contributed by atoms with Crippen LogP contribution in [0.15, 0.2) is 30.3 Å². The summed E-state index contributed by atoms with van der Waals surface area (Å²) < 4.78 is 13.7. The molecule has 0 bridgehead atoms. The highest BCUT2D eigenvalue weighted by atomic mass is 35.5. The van der Waals surface area contributed by atoms with Crippen molar-refractivity contribution in [1.29, 1.82) is 5.26 Å². The van der Waals surface area contributed by atoms with Gasteiger partial charge in [-0.25, -0.2) is 9.18 Å². The topological polar surface area (TPSA) is 64.9 Å². The summed E-state index contributed by atoms with van der Waals surface area (Å²) in [6, 6.07) is 8.31. The smallest absolute Gasteiger partial charge is 0.319 e. The van der Waals surface area contributed by atoms with Crippen LogP contribution in [0, 0.1) is 17.1 Å². The summed E-state index contributed by atoms with van der Waals surface area (Å²) >= 11 is 7.22. The summed E-state index contributed by atoms with van der Waals surface area (Å²) in [4.78, 5) is 12.8. The molecule has 1 unspecified atom stereocenters. The van der Waals surface area contributed by atoms with Crippen molar-refractivity contribution in [3.63, 3.8) is 0 Å². The predicted octanol–water partition coefficient (Wildman–Crippen LogP) is 4.29. The minimum atomic E-state index is -0.529. The number of halogens is 2. The third-order valence-corrected chi connectivity index (χ3v) is 4.13. The van der Waals surface area contributed by atoms with Gasteiger partial charge in [-0.15, -0.1) is 11.3 Å². The van der Waals surface area contributed by atoms with Crippen molar-refractivity contribution in [2.45, 2.75) is 13.0 Å². The number of carbonyl (C=O) groups excluding carboxylic acids is 1. The van der Waals surface area contributed by atoms with Gasteiger partial charge in [-0.2, -0.15) is 5.26 Å². The number of nitriles is 1. The molecule has 1 aromatic heterocycles. The molecule has 0 aliphatic heterocycles. The van der Waals surface area contributed by atoms with Gasteiger partial charge >= 0.3 is 6.03 Å². The van der Waals surface area contributed by atoms with Crippen LogP contribution in [0.4, 0.5) is 14.9 Å². The average molecular weight is 324 g/mol. The fourth-order valence-corrected chi connectivity index (χ4v) is 2.77. The molecule has 0 aliphatic carbocycles. The molecule has 0 radical (unpaired) electrons. The Morgan fingerprint density at radius 3 is 2.81 bits per heavy atom. The highest BCUT2D eigenvalue weighted by molar-refractivity contribution is 7.16. The number of rotatable bonds is 3. The first-order valence-electron chi connectivity index (χ1n) is 6.02. The summed E-state index contributed by atoms with van der Waals surface area (Å²) in [6.45, 7) is 1.82. The molecule has 108 valence electrons. The number of hydrogen-bond acceptors (Lipinski definition) is 3. The monoisotopic (exact) mass is 323 g/mol. The normalized spacial score (nSPS) is 11.5. The van der Waals surface area contributed by atoms with Gasteiger partial charge in [-0.3, -0.25) is 0 Å². The van der Waals surface area contributed by atoms with Crippen molar-refractivity contribution >= 4 is 34.7 Å². The SMILES string of the molecule is CC(NC(=O)Nc1ccc(F)cc1C#N)c1ccc(Cl)s1. The number of amides is 2. The molecular formula is C14H11ClFN3OS. The van der Waals surface area contributed by atoms with Crippen molar-refractivity contribution in [3.05, 3.63) is 50.9 Å². The fraction of sp³-hybridized carbons (Fsp3) is 0.143. The van der Waals surface area contributed by atoms with E-state index in [1.54, 1.807) is 6.07 Å². The maximum absolute atomic E-state index is 13.0. The van der Waals surface area contributed by atoms with Gasteiger partial charge < -0.3 is 10.6 Å². The molecule has 1 atom stereocenters. The summed E-state index contributed by atoms with van der Waals surface area (Å²) in [5, 5.41) is 14.2. The molecule has 0 saturated carbocycles. The molecule has 2 rings (SSSR count). The zero-order valence-corrected chi connectivity index (χ0v) is 12.6. The average Bonchev–Trinajstić information content (AvgIpc) is 2.87. The second kappa shape index (κ2) is 6.57. The predicted molar refractivity (Wildman–Crippen MR) is 81.0 cm³/mol. The lowest BCUT2D eigenvalue weighted by Gasteiger charge is -2.13. The zero-order chi connectivity index (χ0) is 15.4. The summed E-state index contributed by atoms with van der Waals surface area (Å²) in [5.41, 5.74) is 0.324. The van der Waals surface area contributed by atoms with Gasteiger partial charge in [0.2, 0.25) is 0 Å². The van der Waals surface area contributed by atoms with E-state index in [-0.39, 0.29) is 17.3 Å².